The van der Waals surface area contributed by atoms with Crippen LogP contribution in [0.2, 0.25) is 0 Å². The third-order valence-corrected chi connectivity index (χ3v) is 6.27. The molecule has 0 saturated heterocycles. The molecule has 0 bridgehead atoms. The number of nitrogens with one attached hydrogen (secondary N) is 1. The van der Waals surface area contributed by atoms with Crippen molar-refractivity contribution in [2.75, 3.05) is 0 Å². The monoisotopic (exact) mass is 471 g/mol. The van der Waals surface area contributed by atoms with Crippen molar-refractivity contribution in [1.29, 1.82) is 0 Å². The SMILES string of the molecule is CC(C)c1cccc(C(C)C)c1-n1c(=O)c2ccccc2n(Cc2ccc(C(=O)NO)cc2)c1=O. The average molecular weight is 472 g/mol. The molecule has 3 aromatic carbocycles. The molecular formula is C28H29N3O4. The zero-order valence-electron chi connectivity index (χ0n) is 20.3. The van der Waals surface area contributed by atoms with Crippen molar-refractivity contribution >= 4 is 16.8 Å². The second-order valence-electron chi connectivity index (χ2n) is 9.26. The van der Waals surface area contributed by atoms with E-state index in [1.165, 1.54) is 4.57 Å². The minimum atomic E-state index is -0.612. The number of hydrogen-bond acceptors (Lipinski definition) is 4. The van der Waals surface area contributed by atoms with Crippen molar-refractivity contribution in [2.45, 2.75) is 46.1 Å². The minimum absolute atomic E-state index is 0.111. The lowest BCUT2D eigenvalue weighted by Gasteiger charge is -2.22. The highest BCUT2D eigenvalue weighted by Crippen LogP contribution is 2.30. The number of rotatable bonds is 6. The highest BCUT2D eigenvalue weighted by Gasteiger charge is 2.22. The van der Waals surface area contributed by atoms with Gasteiger partial charge < -0.3 is 0 Å². The second-order valence-corrected chi connectivity index (χ2v) is 9.26. The maximum absolute atomic E-state index is 14.0. The van der Waals surface area contributed by atoms with Gasteiger partial charge in [-0.2, -0.15) is 0 Å². The number of benzene rings is 3. The fraction of sp³-hybridized carbons (Fsp3) is 0.250. The van der Waals surface area contributed by atoms with Crippen LogP contribution in [0.25, 0.3) is 16.6 Å². The third-order valence-electron chi connectivity index (χ3n) is 6.27. The van der Waals surface area contributed by atoms with E-state index in [1.54, 1.807) is 58.6 Å². The van der Waals surface area contributed by atoms with Gasteiger partial charge in [-0.25, -0.2) is 14.8 Å². The van der Waals surface area contributed by atoms with Gasteiger partial charge in [-0.15, -0.1) is 0 Å². The summed E-state index contributed by atoms with van der Waals surface area (Å²) in [5, 5.41) is 9.31. The van der Waals surface area contributed by atoms with Gasteiger partial charge in [-0.3, -0.25) is 19.4 Å². The van der Waals surface area contributed by atoms with Gasteiger partial charge in [-0.1, -0.05) is 70.2 Å². The summed E-state index contributed by atoms with van der Waals surface area (Å²) >= 11 is 0. The van der Waals surface area contributed by atoms with Crippen LogP contribution >= 0.6 is 0 Å². The zero-order valence-corrected chi connectivity index (χ0v) is 20.3. The average Bonchev–Trinajstić information content (AvgIpc) is 2.86. The molecule has 4 rings (SSSR count). The number of hydroxylamine groups is 1. The highest BCUT2D eigenvalue weighted by atomic mass is 16.5. The van der Waals surface area contributed by atoms with E-state index in [0.717, 1.165) is 16.7 Å². The molecule has 0 aliphatic carbocycles. The highest BCUT2D eigenvalue weighted by molar-refractivity contribution is 5.93. The number of carbonyl (C=O) groups excluding carboxylic acids is 1. The quantitative estimate of drug-likeness (QED) is 0.318. The Labute approximate surface area is 203 Å². The predicted octanol–water partition coefficient (Wildman–Crippen LogP) is 4.57. The van der Waals surface area contributed by atoms with E-state index >= 15 is 0 Å². The van der Waals surface area contributed by atoms with Crippen LogP contribution in [0.3, 0.4) is 0 Å². The fourth-order valence-corrected chi connectivity index (χ4v) is 4.45. The molecule has 7 heteroatoms. The molecule has 1 heterocycles. The van der Waals surface area contributed by atoms with Crippen molar-refractivity contribution < 1.29 is 10.0 Å². The van der Waals surface area contributed by atoms with Crippen LogP contribution in [0, 0.1) is 0 Å². The topological polar surface area (TPSA) is 93.3 Å². The van der Waals surface area contributed by atoms with Crippen molar-refractivity contribution in [1.82, 2.24) is 14.6 Å². The van der Waals surface area contributed by atoms with E-state index in [4.69, 9.17) is 5.21 Å². The number of amides is 1. The standard InChI is InChI=1S/C28H29N3O4/c1-17(2)21-9-7-10-22(18(3)4)25(21)31-27(33)23-8-5-6-11-24(23)30(28(31)34)16-19-12-14-20(15-13-19)26(32)29-35/h5-15,17-18,35H,16H2,1-4H3,(H,29,32). The summed E-state index contributed by atoms with van der Waals surface area (Å²) in [5.74, 6) is -0.389. The lowest BCUT2D eigenvalue weighted by Crippen LogP contribution is -2.40. The summed E-state index contributed by atoms with van der Waals surface area (Å²) in [4.78, 5) is 39.4. The number of carbonyl (C=O) groups is 1. The number of nitrogens with zero attached hydrogens (tertiary/aromatic N) is 2. The molecule has 35 heavy (non-hydrogen) atoms. The molecule has 0 fully saturated rings. The summed E-state index contributed by atoms with van der Waals surface area (Å²) in [7, 11) is 0. The van der Waals surface area contributed by atoms with E-state index in [2.05, 4.69) is 27.7 Å². The molecule has 4 aromatic rings. The first-order valence-electron chi connectivity index (χ1n) is 11.7. The van der Waals surface area contributed by atoms with Gasteiger partial charge in [0.05, 0.1) is 23.1 Å². The Morgan fingerprint density at radius 1 is 0.857 bits per heavy atom. The van der Waals surface area contributed by atoms with E-state index in [9.17, 15) is 14.4 Å². The molecule has 1 aromatic heterocycles. The van der Waals surface area contributed by atoms with Gasteiger partial charge >= 0.3 is 5.69 Å². The molecule has 0 spiro atoms. The molecule has 7 nitrogen and oxygen atoms in total. The van der Waals surface area contributed by atoms with Gasteiger partial charge in [0.1, 0.15) is 0 Å². The molecule has 0 radical (unpaired) electrons. The van der Waals surface area contributed by atoms with E-state index < -0.39 is 11.6 Å². The number of aromatic nitrogens is 2. The van der Waals surface area contributed by atoms with E-state index in [-0.39, 0.29) is 23.9 Å². The lowest BCUT2D eigenvalue weighted by molar-refractivity contribution is 0.0706. The van der Waals surface area contributed by atoms with Crippen LogP contribution in [0.1, 0.15) is 66.6 Å². The van der Waals surface area contributed by atoms with Gasteiger partial charge in [0.15, 0.2) is 0 Å². The first kappa shape index (κ1) is 24.2. The van der Waals surface area contributed by atoms with Crippen molar-refractivity contribution in [3.05, 3.63) is 110 Å². The van der Waals surface area contributed by atoms with Crippen LogP contribution in [-0.4, -0.2) is 20.2 Å². The first-order valence-corrected chi connectivity index (χ1v) is 11.7. The van der Waals surface area contributed by atoms with E-state index in [1.807, 2.05) is 18.2 Å². The van der Waals surface area contributed by atoms with Gasteiger partial charge in [0.2, 0.25) is 0 Å². The van der Waals surface area contributed by atoms with Gasteiger partial charge in [0, 0.05) is 5.56 Å². The molecule has 0 aliphatic heterocycles. The Morgan fingerprint density at radius 2 is 1.46 bits per heavy atom. The summed E-state index contributed by atoms with van der Waals surface area (Å²) in [6, 6.07) is 19.6. The molecule has 1 amide bonds. The Hall–Kier alpha value is -3.97. The maximum atomic E-state index is 14.0. The minimum Gasteiger partial charge on any atom is -0.288 e. The van der Waals surface area contributed by atoms with E-state index in [0.29, 0.717) is 22.2 Å². The van der Waals surface area contributed by atoms with Crippen molar-refractivity contribution in [3.8, 4) is 5.69 Å². The number of fused-ring (bicyclic) bond motifs is 1. The molecular weight excluding hydrogens is 442 g/mol. The summed E-state index contributed by atoms with van der Waals surface area (Å²) < 4.78 is 2.92. The fourth-order valence-electron chi connectivity index (χ4n) is 4.45. The van der Waals surface area contributed by atoms with Crippen LogP contribution in [0.15, 0.2) is 76.3 Å². The lowest BCUT2D eigenvalue weighted by atomic mass is 9.92. The first-order chi connectivity index (χ1) is 16.7. The Bertz CT molecular complexity index is 1490. The third kappa shape index (κ3) is 4.42. The summed E-state index contributed by atoms with van der Waals surface area (Å²) in [6.45, 7) is 8.42. The smallest absolute Gasteiger partial charge is 0.288 e. The largest absolute Gasteiger partial charge is 0.336 e. The van der Waals surface area contributed by atoms with Crippen LogP contribution in [0.5, 0.6) is 0 Å². The molecule has 0 atom stereocenters. The molecule has 0 unspecified atom stereocenters. The van der Waals surface area contributed by atoms with Gasteiger partial charge in [0.25, 0.3) is 11.5 Å². The summed E-state index contributed by atoms with van der Waals surface area (Å²) in [6.07, 6.45) is 0. The van der Waals surface area contributed by atoms with Crippen LogP contribution in [0.4, 0.5) is 0 Å². The Kier molecular flexibility index (Phi) is 6.71. The molecule has 180 valence electrons. The van der Waals surface area contributed by atoms with Crippen molar-refractivity contribution in [3.63, 3.8) is 0 Å². The number of para-hydroxylation sites is 2. The maximum Gasteiger partial charge on any atom is 0.336 e. The molecule has 2 N–H and O–H groups in total. The normalized spacial score (nSPS) is 11.4. The van der Waals surface area contributed by atoms with Gasteiger partial charge in [-0.05, 0) is 52.8 Å². The predicted molar refractivity (Wildman–Crippen MR) is 137 cm³/mol. The van der Waals surface area contributed by atoms with Crippen LogP contribution < -0.4 is 16.7 Å². The molecule has 0 aliphatic rings. The molecule has 0 saturated carbocycles. The zero-order chi connectivity index (χ0) is 25.3. The second kappa shape index (κ2) is 9.72. The Balaban J connectivity index is 2.01. The van der Waals surface area contributed by atoms with Crippen molar-refractivity contribution in [2.24, 2.45) is 0 Å². The summed E-state index contributed by atoms with van der Waals surface area (Å²) in [5.41, 5.74) is 5.01. The van der Waals surface area contributed by atoms with Crippen LogP contribution in [-0.2, 0) is 6.54 Å². The Morgan fingerprint density at radius 3 is 2.03 bits per heavy atom. The number of hydrogen-bond donors (Lipinski definition) is 2.